The predicted molar refractivity (Wildman–Crippen MR) is 101 cm³/mol. The van der Waals surface area contributed by atoms with Crippen LogP contribution in [0.2, 0.25) is 0 Å². The van der Waals surface area contributed by atoms with E-state index in [-0.39, 0.29) is 15.7 Å². The molecule has 0 spiro atoms. The van der Waals surface area contributed by atoms with E-state index >= 15 is 0 Å². The van der Waals surface area contributed by atoms with Crippen LogP contribution in [0.5, 0.6) is 0 Å². The molecule has 0 amide bonds. The molecule has 4 atom stereocenters. The maximum absolute atomic E-state index is 13.0. The molecule has 1 aliphatic rings. The van der Waals surface area contributed by atoms with E-state index in [4.69, 9.17) is 4.74 Å². The molecule has 1 aliphatic carbocycles. The Kier molecular flexibility index (Phi) is 5.61. The monoisotopic (exact) mass is 372 g/mol. The van der Waals surface area contributed by atoms with Crippen molar-refractivity contribution < 1.29 is 18.3 Å². The molecular formula is C21H24O4S. The van der Waals surface area contributed by atoms with Crippen LogP contribution in [0.3, 0.4) is 0 Å². The molecule has 0 saturated heterocycles. The SMILES string of the molecule is C[C@H]1[C@@H](O)[C@@H](C)C(S(=O)(=O)c2ccccc2)=C[C@@H]1OCc1ccccc1. The lowest BCUT2D eigenvalue weighted by atomic mass is 9.83. The van der Waals surface area contributed by atoms with Gasteiger partial charge >= 0.3 is 0 Å². The summed E-state index contributed by atoms with van der Waals surface area (Å²) in [4.78, 5) is 0.467. The number of aliphatic hydroxyl groups is 1. The summed E-state index contributed by atoms with van der Waals surface area (Å²) in [6, 6.07) is 18.0. The molecule has 0 aliphatic heterocycles. The van der Waals surface area contributed by atoms with Gasteiger partial charge in [0, 0.05) is 11.8 Å². The molecule has 0 unspecified atom stereocenters. The normalized spacial score (nSPS) is 26.3. The first-order valence-electron chi connectivity index (χ1n) is 8.76. The molecule has 2 aromatic rings. The first kappa shape index (κ1) is 18.8. The summed E-state index contributed by atoms with van der Waals surface area (Å²) in [5.41, 5.74) is 1.01. The smallest absolute Gasteiger partial charge is 0.202 e. The Bertz CT molecular complexity index is 859. The van der Waals surface area contributed by atoms with E-state index < -0.39 is 28.0 Å². The van der Waals surface area contributed by atoms with E-state index in [2.05, 4.69) is 0 Å². The van der Waals surface area contributed by atoms with Crippen LogP contribution >= 0.6 is 0 Å². The van der Waals surface area contributed by atoms with Gasteiger partial charge in [0.2, 0.25) is 9.84 Å². The topological polar surface area (TPSA) is 63.6 Å². The molecule has 138 valence electrons. The van der Waals surface area contributed by atoms with Crippen LogP contribution in [0.15, 0.2) is 76.5 Å². The van der Waals surface area contributed by atoms with Crippen LogP contribution in [-0.2, 0) is 21.2 Å². The van der Waals surface area contributed by atoms with Crippen molar-refractivity contribution >= 4 is 9.84 Å². The van der Waals surface area contributed by atoms with Gasteiger partial charge in [-0.3, -0.25) is 0 Å². The molecule has 0 fully saturated rings. The van der Waals surface area contributed by atoms with Gasteiger partial charge in [0.1, 0.15) is 0 Å². The van der Waals surface area contributed by atoms with Crippen molar-refractivity contribution in [2.75, 3.05) is 0 Å². The Labute approximate surface area is 155 Å². The quantitative estimate of drug-likeness (QED) is 0.871. The Morgan fingerprint density at radius 3 is 2.15 bits per heavy atom. The van der Waals surface area contributed by atoms with Gasteiger partial charge in [-0.05, 0) is 23.8 Å². The zero-order valence-electron chi connectivity index (χ0n) is 14.9. The first-order valence-corrected chi connectivity index (χ1v) is 10.2. The van der Waals surface area contributed by atoms with Gasteiger partial charge in [0.15, 0.2) is 0 Å². The highest BCUT2D eigenvalue weighted by atomic mass is 32.2. The number of ether oxygens (including phenoxy) is 1. The minimum absolute atomic E-state index is 0.191. The molecule has 0 saturated carbocycles. The second-order valence-electron chi connectivity index (χ2n) is 6.79. The van der Waals surface area contributed by atoms with Gasteiger partial charge in [-0.15, -0.1) is 0 Å². The van der Waals surface area contributed by atoms with E-state index in [1.165, 1.54) is 0 Å². The summed E-state index contributed by atoms with van der Waals surface area (Å²) >= 11 is 0. The highest BCUT2D eigenvalue weighted by Gasteiger charge is 2.40. The van der Waals surface area contributed by atoms with Crippen LogP contribution in [-0.4, -0.2) is 25.7 Å². The fourth-order valence-electron chi connectivity index (χ4n) is 3.32. The zero-order chi connectivity index (χ0) is 18.7. The number of rotatable bonds is 5. The summed E-state index contributed by atoms with van der Waals surface area (Å²) < 4.78 is 32.0. The second-order valence-corrected chi connectivity index (χ2v) is 8.73. The summed E-state index contributed by atoms with van der Waals surface area (Å²) in [5, 5.41) is 10.6. The molecule has 26 heavy (non-hydrogen) atoms. The number of hydrogen-bond donors (Lipinski definition) is 1. The average molecular weight is 372 g/mol. The number of aliphatic hydroxyl groups excluding tert-OH is 1. The fraction of sp³-hybridized carbons (Fsp3) is 0.333. The van der Waals surface area contributed by atoms with Gasteiger partial charge in [-0.1, -0.05) is 62.4 Å². The van der Waals surface area contributed by atoms with Crippen molar-refractivity contribution in [2.24, 2.45) is 11.8 Å². The summed E-state index contributed by atoms with van der Waals surface area (Å²) in [7, 11) is -3.66. The van der Waals surface area contributed by atoms with Crippen LogP contribution in [0.25, 0.3) is 0 Å². The molecule has 4 nitrogen and oxygen atoms in total. The zero-order valence-corrected chi connectivity index (χ0v) is 15.8. The van der Waals surface area contributed by atoms with Crippen molar-refractivity contribution in [3.63, 3.8) is 0 Å². The van der Waals surface area contributed by atoms with Crippen molar-refractivity contribution in [1.29, 1.82) is 0 Å². The Morgan fingerprint density at radius 1 is 0.962 bits per heavy atom. The number of hydrogen-bond acceptors (Lipinski definition) is 4. The molecule has 0 heterocycles. The van der Waals surface area contributed by atoms with Crippen molar-refractivity contribution in [2.45, 2.75) is 37.6 Å². The molecule has 0 radical (unpaired) electrons. The third kappa shape index (κ3) is 3.75. The Balaban J connectivity index is 1.90. The van der Waals surface area contributed by atoms with Gasteiger partial charge in [0.25, 0.3) is 0 Å². The van der Waals surface area contributed by atoms with E-state index in [9.17, 15) is 13.5 Å². The van der Waals surface area contributed by atoms with Crippen molar-refractivity contribution in [3.05, 3.63) is 77.2 Å². The molecule has 5 heteroatoms. The maximum atomic E-state index is 13.0. The molecule has 0 bridgehead atoms. The maximum Gasteiger partial charge on any atom is 0.202 e. The first-order chi connectivity index (χ1) is 12.4. The van der Waals surface area contributed by atoms with Gasteiger partial charge in [-0.2, -0.15) is 0 Å². The lowest BCUT2D eigenvalue weighted by Crippen LogP contribution is -2.41. The fourth-order valence-corrected chi connectivity index (χ4v) is 5.05. The van der Waals surface area contributed by atoms with Crippen molar-refractivity contribution in [3.8, 4) is 0 Å². The molecule has 0 aromatic heterocycles. The molecule has 1 N–H and O–H groups in total. The highest BCUT2D eigenvalue weighted by molar-refractivity contribution is 7.95. The van der Waals surface area contributed by atoms with Gasteiger partial charge in [-0.25, -0.2) is 8.42 Å². The lowest BCUT2D eigenvalue weighted by molar-refractivity contribution is -0.0336. The highest BCUT2D eigenvalue weighted by Crippen LogP contribution is 2.36. The lowest BCUT2D eigenvalue weighted by Gasteiger charge is -2.36. The van der Waals surface area contributed by atoms with E-state index in [1.54, 1.807) is 43.3 Å². The Hall–Kier alpha value is -1.95. The molecule has 3 rings (SSSR count). The van der Waals surface area contributed by atoms with Gasteiger partial charge in [0.05, 0.1) is 28.6 Å². The molecular weight excluding hydrogens is 348 g/mol. The Morgan fingerprint density at radius 2 is 1.54 bits per heavy atom. The third-order valence-corrected chi connectivity index (χ3v) is 7.02. The van der Waals surface area contributed by atoms with Gasteiger partial charge < -0.3 is 9.84 Å². The number of sulfone groups is 1. The van der Waals surface area contributed by atoms with E-state index in [1.807, 2.05) is 37.3 Å². The summed E-state index contributed by atoms with van der Waals surface area (Å²) in [6.07, 6.45) is 0.428. The minimum Gasteiger partial charge on any atom is -0.392 e. The van der Waals surface area contributed by atoms with Crippen LogP contribution in [0.4, 0.5) is 0 Å². The standard InChI is InChI=1S/C21H24O4S/c1-15-19(25-14-17-9-5-3-6-10-17)13-20(16(2)21(15)22)26(23,24)18-11-7-4-8-12-18/h3-13,15-16,19,21-22H,14H2,1-2H3/t15-,16+,19+,21-/m1/s1. The molecule has 2 aromatic carbocycles. The number of benzene rings is 2. The summed E-state index contributed by atoms with van der Waals surface area (Å²) in [6.45, 7) is 4.01. The predicted octanol–water partition coefficient (Wildman–Crippen LogP) is 3.58. The second kappa shape index (κ2) is 7.74. The average Bonchev–Trinajstić information content (AvgIpc) is 2.67. The van der Waals surface area contributed by atoms with E-state index in [0.717, 1.165) is 5.56 Å². The van der Waals surface area contributed by atoms with Crippen LogP contribution < -0.4 is 0 Å². The third-order valence-electron chi connectivity index (χ3n) is 5.00. The summed E-state index contributed by atoms with van der Waals surface area (Å²) in [5.74, 6) is -0.671. The largest absolute Gasteiger partial charge is 0.392 e. The van der Waals surface area contributed by atoms with Crippen LogP contribution in [0.1, 0.15) is 19.4 Å². The van der Waals surface area contributed by atoms with Crippen molar-refractivity contribution in [1.82, 2.24) is 0 Å². The minimum atomic E-state index is -3.66. The van der Waals surface area contributed by atoms with Crippen LogP contribution in [0, 0.1) is 11.8 Å². The van der Waals surface area contributed by atoms with E-state index in [0.29, 0.717) is 6.61 Å².